The van der Waals surface area contributed by atoms with Crippen LogP contribution in [0.4, 0.5) is 9.59 Å². The van der Waals surface area contributed by atoms with Crippen LogP contribution in [0.15, 0.2) is 40.6 Å². The zero-order chi connectivity index (χ0) is 16.4. The standard InChI is InChI=1S/C15H22N2O4Si/c1-4-22(5-2,6-3)21-15(19)17-16-14(18)20-12-13-10-8-7-9-11-13/h7-11H,4-6,12H2,1-3H3/b17-16+. The van der Waals surface area contributed by atoms with Gasteiger partial charge in [-0.15, -0.1) is 0 Å². The summed E-state index contributed by atoms with van der Waals surface area (Å²) in [4.78, 5) is 23.1. The Morgan fingerprint density at radius 1 is 0.955 bits per heavy atom. The van der Waals surface area contributed by atoms with Crippen molar-refractivity contribution in [1.82, 2.24) is 0 Å². The van der Waals surface area contributed by atoms with Crippen molar-refractivity contribution in [3.63, 3.8) is 0 Å². The van der Waals surface area contributed by atoms with Crippen molar-refractivity contribution in [3.05, 3.63) is 35.9 Å². The van der Waals surface area contributed by atoms with Gasteiger partial charge in [-0.25, -0.2) is 9.59 Å². The van der Waals surface area contributed by atoms with Crippen molar-refractivity contribution >= 4 is 20.5 Å². The second-order valence-corrected chi connectivity index (χ2v) is 9.54. The Labute approximate surface area is 131 Å². The highest BCUT2D eigenvalue weighted by atomic mass is 28.4. The predicted octanol–water partition coefficient (Wildman–Crippen LogP) is 4.92. The number of benzene rings is 1. The largest absolute Gasteiger partial charge is 0.501 e. The van der Waals surface area contributed by atoms with E-state index in [-0.39, 0.29) is 6.61 Å². The van der Waals surface area contributed by atoms with Crippen molar-refractivity contribution in [2.45, 2.75) is 45.5 Å². The molecule has 22 heavy (non-hydrogen) atoms. The van der Waals surface area contributed by atoms with Crippen molar-refractivity contribution in [1.29, 1.82) is 0 Å². The van der Waals surface area contributed by atoms with E-state index in [2.05, 4.69) is 10.2 Å². The molecule has 0 aromatic heterocycles. The van der Waals surface area contributed by atoms with E-state index in [4.69, 9.17) is 9.16 Å². The Morgan fingerprint density at radius 2 is 1.50 bits per heavy atom. The van der Waals surface area contributed by atoms with E-state index >= 15 is 0 Å². The topological polar surface area (TPSA) is 77.3 Å². The smallest absolute Gasteiger partial charge is 0.452 e. The maximum atomic E-state index is 11.7. The first-order valence-electron chi connectivity index (χ1n) is 7.40. The van der Waals surface area contributed by atoms with Gasteiger partial charge in [-0.05, 0) is 23.7 Å². The molecule has 0 radical (unpaired) electrons. The molecule has 0 atom stereocenters. The van der Waals surface area contributed by atoms with E-state index < -0.39 is 20.5 Å². The lowest BCUT2D eigenvalue weighted by molar-refractivity contribution is 0.147. The fraction of sp³-hybridized carbons (Fsp3) is 0.467. The molecule has 0 aliphatic rings. The zero-order valence-corrected chi connectivity index (χ0v) is 14.2. The Bertz CT molecular complexity index is 507. The van der Waals surface area contributed by atoms with Gasteiger partial charge in [0.1, 0.15) is 6.61 Å². The average Bonchev–Trinajstić information content (AvgIpc) is 2.57. The molecule has 2 amide bonds. The van der Waals surface area contributed by atoms with E-state index in [0.717, 1.165) is 23.7 Å². The first-order chi connectivity index (χ1) is 10.5. The maximum absolute atomic E-state index is 11.7. The van der Waals surface area contributed by atoms with E-state index in [1.54, 1.807) is 0 Å². The summed E-state index contributed by atoms with van der Waals surface area (Å²) in [5.41, 5.74) is 0.836. The fourth-order valence-electron chi connectivity index (χ4n) is 2.00. The molecule has 120 valence electrons. The molecule has 1 aromatic carbocycles. The second-order valence-electron chi connectivity index (χ2n) is 4.85. The third-order valence-electron chi connectivity index (χ3n) is 3.66. The summed E-state index contributed by atoms with van der Waals surface area (Å²) >= 11 is 0. The van der Waals surface area contributed by atoms with Crippen LogP contribution in [0.25, 0.3) is 0 Å². The zero-order valence-electron chi connectivity index (χ0n) is 13.2. The summed E-state index contributed by atoms with van der Waals surface area (Å²) in [6, 6.07) is 11.6. The van der Waals surface area contributed by atoms with Crippen LogP contribution in [0.2, 0.25) is 18.1 Å². The van der Waals surface area contributed by atoms with Crippen molar-refractivity contribution in [2.75, 3.05) is 0 Å². The van der Waals surface area contributed by atoms with E-state index in [1.165, 1.54) is 0 Å². The van der Waals surface area contributed by atoms with Gasteiger partial charge in [-0.2, -0.15) is 0 Å². The number of carbonyl (C=O) groups excluding carboxylic acids is 2. The van der Waals surface area contributed by atoms with E-state index in [9.17, 15) is 9.59 Å². The number of ether oxygens (including phenoxy) is 1. The highest BCUT2D eigenvalue weighted by Crippen LogP contribution is 2.22. The van der Waals surface area contributed by atoms with Gasteiger partial charge < -0.3 is 9.16 Å². The minimum absolute atomic E-state index is 0.0886. The summed E-state index contributed by atoms with van der Waals surface area (Å²) in [6.45, 7) is 6.08. The molecule has 0 aliphatic heterocycles. The lowest BCUT2D eigenvalue weighted by Gasteiger charge is -2.25. The van der Waals surface area contributed by atoms with Crippen LogP contribution in [0.5, 0.6) is 0 Å². The Morgan fingerprint density at radius 3 is 2.05 bits per heavy atom. The molecule has 0 saturated carbocycles. The van der Waals surface area contributed by atoms with Crippen LogP contribution in [0, 0.1) is 0 Å². The van der Waals surface area contributed by atoms with Gasteiger partial charge in [0.25, 0.3) is 8.32 Å². The Hall–Kier alpha value is -2.02. The molecule has 1 rings (SSSR count). The molecular formula is C15H22N2O4Si. The van der Waals surface area contributed by atoms with Crippen molar-refractivity contribution < 1.29 is 18.8 Å². The van der Waals surface area contributed by atoms with Gasteiger partial charge >= 0.3 is 12.2 Å². The number of rotatable bonds is 6. The van der Waals surface area contributed by atoms with Crippen LogP contribution < -0.4 is 0 Å². The van der Waals surface area contributed by atoms with Crippen LogP contribution in [-0.2, 0) is 15.8 Å². The summed E-state index contributed by atoms with van der Waals surface area (Å²) in [7, 11) is -2.08. The van der Waals surface area contributed by atoms with Gasteiger partial charge in [0.2, 0.25) is 0 Å². The predicted molar refractivity (Wildman–Crippen MR) is 85.2 cm³/mol. The maximum Gasteiger partial charge on any atom is 0.452 e. The monoisotopic (exact) mass is 322 g/mol. The first-order valence-corrected chi connectivity index (χ1v) is 9.93. The molecule has 0 bridgehead atoms. The van der Waals surface area contributed by atoms with Gasteiger partial charge in [-0.1, -0.05) is 61.3 Å². The first kappa shape index (κ1) is 18.0. The highest BCUT2D eigenvalue weighted by Gasteiger charge is 2.32. The lowest BCUT2D eigenvalue weighted by atomic mass is 10.2. The summed E-state index contributed by atoms with van der Waals surface area (Å²) < 4.78 is 10.3. The minimum Gasteiger partial charge on any atom is -0.501 e. The molecule has 1 aromatic rings. The third-order valence-corrected chi connectivity index (χ3v) is 8.13. The number of azo groups is 1. The molecule has 0 fully saturated rings. The summed E-state index contributed by atoms with van der Waals surface area (Å²) in [5, 5.41) is 6.53. The lowest BCUT2D eigenvalue weighted by Crippen LogP contribution is -2.37. The summed E-state index contributed by atoms with van der Waals surface area (Å²) in [6.07, 6.45) is -1.72. The molecule has 6 nitrogen and oxygen atoms in total. The molecule has 0 aliphatic carbocycles. The van der Waals surface area contributed by atoms with Crippen LogP contribution in [0.3, 0.4) is 0 Å². The second kappa shape index (κ2) is 9.09. The van der Waals surface area contributed by atoms with Crippen LogP contribution >= 0.6 is 0 Å². The third kappa shape index (κ3) is 5.77. The molecule has 0 heterocycles. The summed E-state index contributed by atoms with van der Waals surface area (Å²) in [5.74, 6) is 0. The van der Waals surface area contributed by atoms with E-state index in [0.29, 0.717) is 0 Å². The quantitative estimate of drug-likeness (QED) is 0.550. The van der Waals surface area contributed by atoms with Crippen molar-refractivity contribution in [2.24, 2.45) is 10.2 Å². The average molecular weight is 322 g/mol. The molecule has 7 heteroatoms. The minimum atomic E-state index is -2.08. The van der Waals surface area contributed by atoms with E-state index in [1.807, 2.05) is 51.1 Å². The normalized spacial score (nSPS) is 11.4. The van der Waals surface area contributed by atoms with Gasteiger partial charge in [0.15, 0.2) is 0 Å². The van der Waals surface area contributed by atoms with Crippen LogP contribution in [0.1, 0.15) is 26.3 Å². The van der Waals surface area contributed by atoms with Gasteiger partial charge in [0.05, 0.1) is 0 Å². The molecule has 0 saturated heterocycles. The molecule has 0 N–H and O–H groups in total. The molecule has 0 unspecified atom stereocenters. The SMILES string of the molecule is CC[Si](CC)(CC)OC(=O)/N=N/C(=O)OCc1ccccc1. The number of amides is 2. The highest BCUT2D eigenvalue weighted by molar-refractivity contribution is 6.74. The van der Waals surface area contributed by atoms with Crippen molar-refractivity contribution in [3.8, 4) is 0 Å². The molecule has 0 spiro atoms. The number of hydrogen-bond acceptors (Lipinski definition) is 4. The fourth-order valence-corrected chi connectivity index (χ4v) is 4.35. The number of nitrogens with zero attached hydrogens (tertiary/aromatic N) is 2. The van der Waals surface area contributed by atoms with Crippen LogP contribution in [-0.4, -0.2) is 20.5 Å². The van der Waals surface area contributed by atoms with Gasteiger partial charge in [0, 0.05) is 0 Å². The Kier molecular flexibility index (Phi) is 7.45. The molecular weight excluding hydrogens is 300 g/mol. The number of carbonyl (C=O) groups is 2. The number of hydrogen-bond donors (Lipinski definition) is 0. The Balaban J connectivity index is 2.46. The van der Waals surface area contributed by atoms with Gasteiger partial charge in [-0.3, -0.25) is 0 Å².